The van der Waals surface area contributed by atoms with Gasteiger partial charge in [-0.2, -0.15) is 0 Å². The average Bonchev–Trinajstić information content (AvgIpc) is 1.85. The Morgan fingerprint density at radius 3 is 2.45 bits per heavy atom. The summed E-state index contributed by atoms with van der Waals surface area (Å²) in [4.78, 5) is 0. The van der Waals surface area contributed by atoms with Gasteiger partial charge in [-0.3, -0.25) is 0 Å². The van der Waals surface area contributed by atoms with Gasteiger partial charge in [-0.15, -0.1) is 0 Å². The Kier molecular flexibility index (Phi) is 2.06. The Bertz CT molecular complexity index is 274. The van der Waals surface area contributed by atoms with E-state index in [1.807, 2.05) is 0 Å². The predicted octanol–water partition coefficient (Wildman–Crippen LogP) is 1.85. The zero-order chi connectivity index (χ0) is 8.43. The van der Waals surface area contributed by atoms with Crippen LogP contribution in [0.3, 0.4) is 0 Å². The molecule has 0 aliphatic heterocycles. The van der Waals surface area contributed by atoms with Crippen LogP contribution in [-0.2, 0) is 0 Å². The van der Waals surface area contributed by atoms with Gasteiger partial charge in [0.2, 0.25) is 0 Å². The molecule has 11 heavy (non-hydrogen) atoms. The third kappa shape index (κ3) is 1.46. The molecule has 0 atom stereocenters. The molecule has 0 amide bonds. The summed E-state index contributed by atoms with van der Waals surface area (Å²) in [5.74, 6) is 0. The Morgan fingerprint density at radius 1 is 1.45 bits per heavy atom. The Morgan fingerprint density at radius 2 is 2.09 bits per heavy atom. The molecular formula is C8H9ClN2. The van der Waals surface area contributed by atoms with Crippen molar-refractivity contribution in [2.24, 2.45) is 5.73 Å². The topological polar surface area (TPSA) is 52.0 Å². The van der Waals surface area contributed by atoms with Crippen LogP contribution >= 0.6 is 11.6 Å². The van der Waals surface area contributed by atoms with Gasteiger partial charge in [0, 0.05) is 16.9 Å². The molecule has 0 aliphatic rings. The minimum atomic E-state index is 0.396. The lowest BCUT2D eigenvalue weighted by Gasteiger charge is -2.05. The van der Waals surface area contributed by atoms with Crippen LogP contribution in [-0.4, -0.2) is 0 Å². The number of nitrogens with two attached hydrogens (primary N) is 2. The molecule has 0 saturated carbocycles. The zero-order valence-corrected chi connectivity index (χ0v) is 6.73. The number of anilines is 1. The van der Waals surface area contributed by atoms with Crippen molar-refractivity contribution in [1.82, 2.24) is 0 Å². The van der Waals surface area contributed by atoms with E-state index >= 15 is 0 Å². The lowest BCUT2D eigenvalue weighted by Crippen LogP contribution is -1.99. The number of hydrogen-bond acceptors (Lipinski definition) is 2. The third-order valence-electron chi connectivity index (χ3n) is 1.37. The first kappa shape index (κ1) is 7.95. The van der Waals surface area contributed by atoms with E-state index < -0.39 is 0 Å². The maximum absolute atomic E-state index is 5.80. The first-order valence-electron chi connectivity index (χ1n) is 3.11. The smallest absolute Gasteiger partial charge is 0.0519 e. The van der Waals surface area contributed by atoms with Crippen molar-refractivity contribution >= 4 is 23.0 Å². The summed E-state index contributed by atoms with van der Waals surface area (Å²) in [6, 6.07) is 5.23. The normalized spacial score (nSPS) is 9.55. The van der Waals surface area contributed by atoms with Gasteiger partial charge in [-0.05, 0) is 12.1 Å². The summed E-state index contributed by atoms with van der Waals surface area (Å²) in [5, 5.41) is 0.539. The Labute approximate surface area is 70.5 Å². The highest BCUT2D eigenvalue weighted by Crippen LogP contribution is 2.25. The van der Waals surface area contributed by atoms with E-state index in [9.17, 15) is 0 Å². The van der Waals surface area contributed by atoms with Gasteiger partial charge in [0.25, 0.3) is 0 Å². The number of hydrogen-bond donors (Lipinski definition) is 2. The van der Waals surface area contributed by atoms with Crippen molar-refractivity contribution in [2.75, 3.05) is 5.73 Å². The van der Waals surface area contributed by atoms with Crippen molar-refractivity contribution in [3.05, 3.63) is 35.4 Å². The van der Waals surface area contributed by atoms with Gasteiger partial charge in [0.05, 0.1) is 5.02 Å². The second-order valence-electron chi connectivity index (χ2n) is 2.23. The van der Waals surface area contributed by atoms with E-state index in [4.69, 9.17) is 23.1 Å². The SMILES string of the molecule is C=C(N)c1c(N)cccc1Cl. The van der Waals surface area contributed by atoms with Crippen LogP contribution in [0.1, 0.15) is 5.56 Å². The standard InChI is InChI=1S/C8H9ClN2/c1-5(10)8-6(9)3-2-4-7(8)11/h2-4H,1,10-11H2. The van der Waals surface area contributed by atoms with Gasteiger partial charge in [0.15, 0.2) is 0 Å². The molecule has 2 nitrogen and oxygen atoms in total. The number of benzene rings is 1. The van der Waals surface area contributed by atoms with Crippen LogP contribution in [0.15, 0.2) is 24.8 Å². The molecule has 0 radical (unpaired) electrons. The molecule has 1 aromatic carbocycles. The fourth-order valence-corrected chi connectivity index (χ4v) is 1.18. The molecule has 4 N–H and O–H groups in total. The molecule has 3 heteroatoms. The van der Waals surface area contributed by atoms with E-state index in [-0.39, 0.29) is 0 Å². The summed E-state index contributed by atoms with van der Waals surface area (Å²) < 4.78 is 0. The molecule has 58 valence electrons. The summed E-state index contributed by atoms with van der Waals surface area (Å²) >= 11 is 5.80. The van der Waals surface area contributed by atoms with Gasteiger partial charge in [-0.1, -0.05) is 24.2 Å². The van der Waals surface area contributed by atoms with Gasteiger partial charge >= 0.3 is 0 Å². The highest BCUT2D eigenvalue weighted by atomic mass is 35.5. The molecule has 0 unspecified atom stereocenters. The molecule has 1 rings (SSSR count). The summed E-state index contributed by atoms with van der Waals surface area (Å²) in [6.45, 7) is 3.56. The quantitative estimate of drug-likeness (QED) is 0.629. The Hall–Kier alpha value is -1.15. The lowest BCUT2D eigenvalue weighted by molar-refractivity contribution is 1.53. The zero-order valence-electron chi connectivity index (χ0n) is 5.97. The second-order valence-corrected chi connectivity index (χ2v) is 2.64. The van der Waals surface area contributed by atoms with Crippen molar-refractivity contribution in [2.45, 2.75) is 0 Å². The largest absolute Gasteiger partial charge is 0.399 e. The molecule has 0 aromatic heterocycles. The second kappa shape index (κ2) is 2.84. The number of nitrogen functional groups attached to an aromatic ring is 1. The maximum Gasteiger partial charge on any atom is 0.0519 e. The van der Waals surface area contributed by atoms with Crippen LogP contribution in [0, 0.1) is 0 Å². The van der Waals surface area contributed by atoms with Crippen molar-refractivity contribution < 1.29 is 0 Å². The predicted molar refractivity (Wildman–Crippen MR) is 49.1 cm³/mol. The van der Waals surface area contributed by atoms with Gasteiger partial charge in [0.1, 0.15) is 0 Å². The van der Waals surface area contributed by atoms with E-state index in [1.165, 1.54) is 0 Å². The fourth-order valence-electron chi connectivity index (χ4n) is 0.880. The van der Waals surface area contributed by atoms with E-state index in [1.54, 1.807) is 18.2 Å². The first-order valence-corrected chi connectivity index (χ1v) is 3.49. The average molecular weight is 169 g/mol. The number of halogens is 1. The molecule has 0 saturated heterocycles. The monoisotopic (exact) mass is 168 g/mol. The molecule has 0 bridgehead atoms. The highest BCUT2D eigenvalue weighted by molar-refractivity contribution is 6.32. The summed E-state index contributed by atoms with van der Waals surface area (Å²) in [5.41, 5.74) is 12.6. The van der Waals surface area contributed by atoms with Crippen molar-refractivity contribution in [3.63, 3.8) is 0 Å². The Balaban J connectivity index is 3.32. The molecule has 1 aromatic rings. The van der Waals surface area contributed by atoms with E-state index in [0.29, 0.717) is 22.0 Å². The molecule has 0 spiro atoms. The van der Waals surface area contributed by atoms with Crippen LogP contribution in [0.4, 0.5) is 5.69 Å². The van der Waals surface area contributed by atoms with E-state index in [0.717, 1.165) is 0 Å². The van der Waals surface area contributed by atoms with Crippen LogP contribution in [0.25, 0.3) is 5.70 Å². The first-order chi connectivity index (χ1) is 5.13. The van der Waals surface area contributed by atoms with Crippen molar-refractivity contribution in [1.29, 1.82) is 0 Å². The molecule has 0 heterocycles. The minimum absolute atomic E-state index is 0.396. The van der Waals surface area contributed by atoms with E-state index in [2.05, 4.69) is 6.58 Å². The number of rotatable bonds is 1. The summed E-state index contributed by atoms with van der Waals surface area (Å²) in [6.07, 6.45) is 0. The van der Waals surface area contributed by atoms with Crippen LogP contribution in [0.5, 0.6) is 0 Å². The summed E-state index contributed by atoms with van der Waals surface area (Å²) in [7, 11) is 0. The highest BCUT2D eigenvalue weighted by Gasteiger charge is 2.03. The fraction of sp³-hybridized carbons (Fsp3) is 0. The molecule has 0 aliphatic carbocycles. The van der Waals surface area contributed by atoms with Gasteiger partial charge < -0.3 is 11.5 Å². The molecule has 0 fully saturated rings. The van der Waals surface area contributed by atoms with Gasteiger partial charge in [-0.25, -0.2) is 0 Å². The minimum Gasteiger partial charge on any atom is -0.399 e. The van der Waals surface area contributed by atoms with Crippen molar-refractivity contribution in [3.8, 4) is 0 Å². The van der Waals surface area contributed by atoms with Crippen LogP contribution in [0.2, 0.25) is 5.02 Å². The lowest BCUT2D eigenvalue weighted by atomic mass is 10.1. The third-order valence-corrected chi connectivity index (χ3v) is 1.68. The molecular weight excluding hydrogens is 160 g/mol. The van der Waals surface area contributed by atoms with Crippen LogP contribution < -0.4 is 11.5 Å². The maximum atomic E-state index is 5.80.